The maximum atomic E-state index is 11.0. The van der Waals surface area contributed by atoms with Gasteiger partial charge in [0.05, 0.1) is 22.5 Å². The molecule has 4 nitrogen and oxygen atoms in total. The topological polar surface area (TPSA) is 52.6 Å². The summed E-state index contributed by atoms with van der Waals surface area (Å²) in [6.07, 6.45) is 0. The number of carboxylic acid groups (broad SMARTS) is 1. The van der Waals surface area contributed by atoms with E-state index in [1.807, 2.05) is 6.07 Å². The number of fused-ring (bicyclic) bond motifs is 1. The Morgan fingerprint density at radius 3 is 2.67 bits per heavy atom. The molecule has 0 spiro atoms. The van der Waals surface area contributed by atoms with E-state index in [1.165, 1.54) is 0 Å². The Hall–Kier alpha value is -1.71. The molecule has 2 rings (SSSR count). The van der Waals surface area contributed by atoms with Crippen LogP contribution in [-0.4, -0.2) is 29.2 Å². The maximum Gasteiger partial charge on any atom is 0.335 e. The maximum absolute atomic E-state index is 11.0. The molecule has 0 amide bonds. The predicted molar refractivity (Wildman–Crippen MR) is 73.6 cm³/mol. The van der Waals surface area contributed by atoms with Gasteiger partial charge in [-0.3, -0.25) is 0 Å². The molecule has 1 aliphatic rings. The number of carbonyl (C=O) groups is 1. The zero-order valence-corrected chi connectivity index (χ0v) is 11.3. The molecular formula is C14H20N2O2. The van der Waals surface area contributed by atoms with E-state index in [0.29, 0.717) is 11.6 Å². The first-order valence-electron chi connectivity index (χ1n) is 6.23. The number of nitrogens with one attached hydrogen (secondary N) is 1. The second-order valence-corrected chi connectivity index (χ2v) is 5.67. The van der Waals surface area contributed by atoms with Gasteiger partial charge in [-0.2, -0.15) is 0 Å². The van der Waals surface area contributed by atoms with Crippen molar-refractivity contribution in [3.05, 3.63) is 23.8 Å². The molecule has 0 bridgehead atoms. The minimum Gasteiger partial charge on any atom is -0.478 e. The van der Waals surface area contributed by atoms with Gasteiger partial charge in [0.1, 0.15) is 0 Å². The van der Waals surface area contributed by atoms with E-state index in [9.17, 15) is 4.79 Å². The van der Waals surface area contributed by atoms with Gasteiger partial charge in [0, 0.05) is 12.6 Å². The highest BCUT2D eigenvalue weighted by atomic mass is 16.4. The number of carboxylic acids is 1. The Morgan fingerprint density at radius 1 is 1.44 bits per heavy atom. The Balaban J connectivity index is 2.50. The first-order chi connectivity index (χ1) is 8.33. The molecule has 0 fully saturated rings. The predicted octanol–water partition coefficient (Wildman–Crippen LogP) is 2.80. The van der Waals surface area contributed by atoms with Crippen LogP contribution in [-0.2, 0) is 0 Å². The third-order valence-electron chi connectivity index (χ3n) is 3.38. The van der Waals surface area contributed by atoms with Crippen molar-refractivity contribution in [2.45, 2.75) is 39.3 Å². The van der Waals surface area contributed by atoms with E-state index < -0.39 is 5.97 Å². The average molecular weight is 248 g/mol. The zero-order valence-electron chi connectivity index (χ0n) is 11.3. The Morgan fingerprint density at radius 2 is 2.11 bits per heavy atom. The number of benzene rings is 1. The second kappa shape index (κ2) is 4.19. The largest absolute Gasteiger partial charge is 0.478 e. The van der Waals surface area contributed by atoms with Crippen molar-refractivity contribution in [3.63, 3.8) is 0 Å². The van der Waals surface area contributed by atoms with Crippen molar-refractivity contribution < 1.29 is 9.90 Å². The van der Waals surface area contributed by atoms with Gasteiger partial charge in [0.25, 0.3) is 0 Å². The molecule has 2 N–H and O–H groups in total. The fourth-order valence-corrected chi connectivity index (χ4v) is 2.72. The molecule has 1 aromatic rings. The van der Waals surface area contributed by atoms with Gasteiger partial charge in [0.2, 0.25) is 0 Å². The minimum absolute atomic E-state index is 0.0197. The van der Waals surface area contributed by atoms with Gasteiger partial charge in [-0.1, -0.05) is 0 Å². The molecule has 1 heterocycles. The molecule has 0 unspecified atom stereocenters. The fraction of sp³-hybridized carbons (Fsp3) is 0.500. The van der Waals surface area contributed by atoms with Crippen molar-refractivity contribution in [1.29, 1.82) is 0 Å². The smallest absolute Gasteiger partial charge is 0.335 e. The van der Waals surface area contributed by atoms with Crippen molar-refractivity contribution in [2.24, 2.45) is 0 Å². The molecular weight excluding hydrogens is 228 g/mol. The van der Waals surface area contributed by atoms with E-state index >= 15 is 0 Å². The molecule has 0 aromatic heterocycles. The molecule has 1 aromatic carbocycles. The van der Waals surface area contributed by atoms with Crippen LogP contribution in [0.2, 0.25) is 0 Å². The molecule has 4 heteroatoms. The van der Waals surface area contributed by atoms with Gasteiger partial charge >= 0.3 is 5.97 Å². The summed E-state index contributed by atoms with van der Waals surface area (Å²) in [5.74, 6) is -0.888. The zero-order chi connectivity index (χ0) is 13.5. The lowest BCUT2D eigenvalue weighted by Crippen LogP contribution is -2.55. The standard InChI is InChI=1S/C14H20N2O2/c1-9(2)16-12-6-5-10(13(17)18)7-11(12)15-8-14(16,3)4/h5-7,9,15H,8H2,1-4H3,(H,17,18). The lowest BCUT2D eigenvalue weighted by atomic mass is 9.95. The van der Waals surface area contributed by atoms with Crippen molar-refractivity contribution in [1.82, 2.24) is 0 Å². The first-order valence-corrected chi connectivity index (χ1v) is 6.23. The fourth-order valence-electron chi connectivity index (χ4n) is 2.72. The first kappa shape index (κ1) is 12.7. The molecule has 0 aliphatic carbocycles. The van der Waals surface area contributed by atoms with Crippen LogP contribution in [0.4, 0.5) is 11.4 Å². The quantitative estimate of drug-likeness (QED) is 0.845. The molecule has 0 saturated heterocycles. The summed E-state index contributed by atoms with van der Waals surface area (Å²) in [5.41, 5.74) is 2.32. The third kappa shape index (κ3) is 2.03. The molecule has 0 atom stereocenters. The lowest BCUT2D eigenvalue weighted by Gasteiger charge is -2.48. The van der Waals surface area contributed by atoms with Crippen molar-refractivity contribution in [2.75, 3.05) is 16.8 Å². The van der Waals surface area contributed by atoms with E-state index in [-0.39, 0.29) is 5.54 Å². The van der Waals surface area contributed by atoms with Crippen LogP contribution in [0, 0.1) is 0 Å². The Kier molecular flexibility index (Phi) is 2.97. The molecule has 0 radical (unpaired) electrons. The number of aromatic carboxylic acids is 1. The van der Waals surface area contributed by atoms with Gasteiger partial charge in [-0.15, -0.1) is 0 Å². The SMILES string of the molecule is CC(C)N1c2ccc(C(=O)O)cc2NCC1(C)C. The average Bonchev–Trinajstić information content (AvgIpc) is 2.26. The van der Waals surface area contributed by atoms with Crippen LogP contribution in [0.25, 0.3) is 0 Å². The number of nitrogens with zero attached hydrogens (tertiary/aromatic N) is 1. The van der Waals surface area contributed by atoms with Crippen LogP contribution in [0.1, 0.15) is 38.1 Å². The number of hydrogen-bond donors (Lipinski definition) is 2. The van der Waals surface area contributed by atoms with E-state index in [2.05, 4.69) is 37.9 Å². The van der Waals surface area contributed by atoms with E-state index in [1.54, 1.807) is 12.1 Å². The third-order valence-corrected chi connectivity index (χ3v) is 3.38. The van der Waals surface area contributed by atoms with Gasteiger partial charge in [0.15, 0.2) is 0 Å². The molecule has 0 saturated carbocycles. The van der Waals surface area contributed by atoms with Gasteiger partial charge < -0.3 is 15.3 Å². The highest BCUT2D eigenvalue weighted by molar-refractivity contribution is 5.91. The molecule has 1 aliphatic heterocycles. The summed E-state index contributed by atoms with van der Waals surface area (Å²) in [6.45, 7) is 9.49. The summed E-state index contributed by atoms with van der Waals surface area (Å²) < 4.78 is 0. The highest BCUT2D eigenvalue weighted by Gasteiger charge is 2.34. The lowest BCUT2D eigenvalue weighted by molar-refractivity contribution is 0.0697. The monoisotopic (exact) mass is 248 g/mol. The summed E-state index contributed by atoms with van der Waals surface area (Å²) in [7, 11) is 0. The van der Waals surface area contributed by atoms with E-state index in [4.69, 9.17) is 5.11 Å². The van der Waals surface area contributed by atoms with Crippen LogP contribution in [0.15, 0.2) is 18.2 Å². The molecule has 98 valence electrons. The van der Waals surface area contributed by atoms with Crippen molar-refractivity contribution in [3.8, 4) is 0 Å². The number of anilines is 2. The highest BCUT2D eigenvalue weighted by Crippen LogP contribution is 2.38. The van der Waals surface area contributed by atoms with Crippen LogP contribution < -0.4 is 10.2 Å². The van der Waals surface area contributed by atoms with Gasteiger partial charge in [-0.25, -0.2) is 4.79 Å². The molecule has 18 heavy (non-hydrogen) atoms. The van der Waals surface area contributed by atoms with E-state index in [0.717, 1.165) is 17.9 Å². The normalized spacial score (nSPS) is 17.3. The van der Waals surface area contributed by atoms with Crippen LogP contribution >= 0.6 is 0 Å². The van der Waals surface area contributed by atoms with Crippen LogP contribution in [0.3, 0.4) is 0 Å². The summed E-state index contributed by atoms with van der Waals surface area (Å²) in [5, 5.41) is 12.4. The second-order valence-electron chi connectivity index (χ2n) is 5.67. The van der Waals surface area contributed by atoms with Gasteiger partial charge in [-0.05, 0) is 45.9 Å². The Labute approximate surface area is 108 Å². The minimum atomic E-state index is -0.888. The summed E-state index contributed by atoms with van der Waals surface area (Å²) in [4.78, 5) is 13.3. The number of rotatable bonds is 2. The Bertz CT molecular complexity index is 481. The summed E-state index contributed by atoms with van der Waals surface area (Å²) in [6, 6.07) is 5.64. The number of hydrogen-bond acceptors (Lipinski definition) is 3. The summed E-state index contributed by atoms with van der Waals surface area (Å²) >= 11 is 0. The van der Waals surface area contributed by atoms with Crippen molar-refractivity contribution >= 4 is 17.3 Å². The van der Waals surface area contributed by atoms with Crippen LogP contribution in [0.5, 0.6) is 0 Å².